The van der Waals surface area contributed by atoms with Gasteiger partial charge in [0.05, 0.1) is 5.69 Å². The van der Waals surface area contributed by atoms with Gasteiger partial charge in [0.15, 0.2) is 0 Å². The van der Waals surface area contributed by atoms with E-state index < -0.39 is 0 Å². The molecule has 0 aliphatic heterocycles. The number of hydrogen-bond acceptors (Lipinski definition) is 4. The van der Waals surface area contributed by atoms with Crippen LogP contribution in [0.5, 0.6) is 0 Å². The van der Waals surface area contributed by atoms with Gasteiger partial charge in [-0.1, -0.05) is 66.7 Å². The Hall–Kier alpha value is -3.14. The van der Waals surface area contributed by atoms with Crippen LogP contribution in [0.25, 0.3) is 11.3 Å². The summed E-state index contributed by atoms with van der Waals surface area (Å²) < 4.78 is 0. The molecule has 1 heterocycles. The van der Waals surface area contributed by atoms with Crippen LogP contribution in [-0.2, 0) is 6.54 Å². The molecule has 138 valence electrons. The number of nitrogens with one attached hydrogen (secondary N) is 1. The lowest BCUT2D eigenvalue weighted by Gasteiger charge is -2.28. The molecule has 1 aromatic heterocycles. The van der Waals surface area contributed by atoms with E-state index in [9.17, 15) is 0 Å². The van der Waals surface area contributed by atoms with Crippen molar-refractivity contribution in [3.8, 4) is 11.3 Å². The average Bonchev–Trinajstić information content (AvgIpc) is 2.71. The fourth-order valence-electron chi connectivity index (χ4n) is 2.89. The maximum Gasteiger partial charge on any atom is 0.225 e. The van der Waals surface area contributed by atoms with Crippen LogP contribution in [0.2, 0.25) is 0 Å². The maximum absolute atomic E-state index is 4.77. The van der Waals surface area contributed by atoms with Crippen LogP contribution in [0.4, 0.5) is 11.8 Å². The monoisotopic (exact) mass is 358 g/mol. The lowest BCUT2D eigenvalue weighted by molar-refractivity contribution is 0.672. The van der Waals surface area contributed by atoms with Gasteiger partial charge < -0.3 is 10.2 Å². The summed E-state index contributed by atoms with van der Waals surface area (Å²) >= 11 is 0. The number of aromatic nitrogens is 2. The molecule has 0 unspecified atom stereocenters. The van der Waals surface area contributed by atoms with Crippen LogP contribution in [0.3, 0.4) is 0 Å². The highest BCUT2D eigenvalue weighted by Gasteiger charge is 2.16. The summed E-state index contributed by atoms with van der Waals surface area (Å²) in [7, 11) is 0. The number of rotatable bonds is 8. The van der Waals surface area contributed by atoms with E-state index in [0.29, 0.717) is 18.5 Å². The number of benzene rings is 2. The Labute approximate surface area is 161 Å². The zero-order valence-electron chi connectivity index (χ0n) is 16.0. The summed E-state index contributed by atoms with van der Waals surface area (Å²) in [5.41, 5.74) is 3.24. The molecule has 0 bridgehead atoms. The minimum Gasteiger partial charge on any atom is -0.351 e. The summed E-state index contributed by atoms with van der Waals surface area (Å²) in [6, 6.07) is 23.0. The molecule has 3 rings (SSSR count). The standard InChI is InChI=1S/C23H26N4/c1-4-15-24-23-25-21(20-13-9-6-10-14-20)16-22(26-23)27(18(2)3)17-19-11-7-5-8-12-19/h4-14,16,18H,1,15,17H2,2-3H3,(H,24,25,26). The average molecular weight is 358 g/mol. The van der Waals surface area contributed by atoms with Crippen LogP contribution in [0, 0.1) is 0 Å². The van der Waals surface area contributed by atoms with Crippen LogP contribution in [-0.4, -0.2) is 22.6 Å². The number of anilines is 2. The molecule has 4 nitrogen and oxygen atoms in total. The first-order chi connectivity index (χ1) is 13.2. The van der Waals surface area contributed by atoms with Gasteiger partial charge in [0, 0.05) is 30.8 Å². The molecule has 1 N–H and O–H groups in total. The minimum absolute atomic E-state index is 0.302. The summed E-state index contributed by atoms with van der Waals surface area (Å²) in [6.45, 7) is 9.56. The van der Waals surface area contributed by atoms with E-state index >= 15 is 0 Å². The summed E-state index contributed by atoms with van der Waals surface area (Å²) in [6.07, 6.45) is 1.81. The quantitative estimate of drug-likeness (QED) is 0.565. The van der Waals surface area contributed by atoms with E-state index in [0.717, 1.165) is 23.6 Å². The van der Waals surface area contributed by atoms with Crippen molar-refractivity contribution in [1.82, 2.24) is 9.97 Å². The first kappa shape index (κ1) is 18.6. The molecule has 0 amide bonds. The van der Waals surface area contributed by atoms with E-state index in [-0.39, 0.29) is 0 Å². The molecule has 3 aromatic rings. The molecule has 0 radical (unpaired) electrons. The fraction of sp³-hybridized carbons (Fsp3) is 0.217. The van der Waals surface area contributed by atoms with Crippen molar-refractivity contribution in [3.05, 3.63) is 84.9 Å². The van der Waals surface area contributed by atoms with Gasteiger partial charge in [-0.05, 0) is 19.4 Å². The molecule has 2 aromatic carbocycles. The SMILES string of the molecule is C=CCNc1nc(-c2ccccc2)cc(N(Cc2ccccc2)C(C)C)n1. The zero-order valence-corrected chi connectivity index (χ0v) is 16.0. The Morgan fingerprint density at radius 3 is 2.30 bits per heavy atom. The predicted molar refractivity (Wildman–Crippen MR) is 114 cm³/mol. The molecule has 0 saturated carbocycles. The minimum atomic E-state index is 0.302. The topological polar surface area (TPSA) is 41.1 Å². The molecule has 0 spiro atoms. The molecule has 0 fully saturated rings. The Bertz CT molecular complexity index is 860. The first-order valence-electron chi connectivity index (χ1n) is 9.27. The van der Waals surface area contributed by atoms with Crippen molar-refractivity contribution < 1.29 is 0 Å². The normalized spacial score (nSPS) is 10.6. The Balaban J connectivity index is 2.01. The van der Waals surface area contributed by atoms with Gasteiger partial charge in [0.25, 0.3) is 0 Å². The zero-order chi connectivity index (χ0) is 19.1. The molecule has 27 heavy (non-hydrogen) atoms. The van der Waals surface area contributed by atoms with Crippen molar-refractivity contribution in [3.63, 3.8) is 0 Å². The largest absolute Gasteiger partial charge is 0.351 e. The van der Waals surface area contributed by atoms with Crippen LogP contribution in [0.15, 0.2) is 79.4 Å². The van der Waals surface area contributed by atoms with E-state index in [1.165, 1.54) is 5.56 Å². The Morgan fingerprint density at radius 1 is 1.00 bits per heavy atom. The molecule has 4 heteroatoms. The molecular formula is C23H26N4. The highest BCUT2D eigenvalue weighted by atomic mass is 15.2. The first-order valence-corrected chi connectivity index (χ1v) is 9.27. The van der Waals surface area contributed by atoms with Crippen molar-refractivity contribution in [2.75, 3.05) is 16.8 Å². The van der Waals surface area contributed by atoms with Crippen molar-refractivity contribution in [1.29, 1.82) is 0 Å². The number of hydrogen-bond donors (Lipinski definition) is 1. The molecule has 0 aliphatic carbocycles. The predicted octanol–water partition coefficient (Wildman–Crippen LogP) is 5.16. The second-order valence-corrected chi connectivity index (χ2v) is 6.68. The highest BCUT2D eigenvalue weighted by molar-refractivity contribution is 5.65. The van der Waals surface area contributed by atoms with Crippen molar-refractivity contribution >= 4 is 11.8 Å². The van der Waals surface area contributed by atoms with E-state index in [1.807, 2.05) is 30.3 Å². The molecular weight excluding hydrogens is 332 g/mol. The van der Waals surface area contributed by atoms with Crippen molar-refractivity contribution in [2.24, 2.45) is 0 Å². The second kappa shape index (κ2) is 8.99. The fourth-order valence-corrected chi connectivity index (χ4v) is 2.89. The lowest BCUT2D eigenvalue weighted by atomic mass is 10.1. The van der Waals surface area contributed by atoms with Crippen LogP contribution in [0.1, 0.15) is 19.4 Å². The van der Waals surface area contributed by atoms with Gasteiger partial charge >= 0.3 is 0 Å². The van der Waals surface area contributed by atoms with Gasteiger partial charge in [0.2, 0.25) is 5.95 Å². The van der Waals surface area contributed by atoms with Gasteiger partial charge in [-0.3, -0.25) is 0 Å². The smallest absolute Gasteiger partial charge is 0.225 e. The van der Waals surface area contributed by atoms with Gasteiger partial charge in [-0.2, -0.15) is 4.98 Å². The van der Waals surface area contributed by atoms with E-state index in [4.69, 9.17) is 9.97 Å². The molecule has 0 atom stereocenters. The lowest BCUT2D eigenvalue weighted by Crippen LogP contribution is -2.31. The summed E-state index contributed by atoms with van der Waals surface area (Å²) in [5.74, 6) is 1.53. The van der Waals surface area contributed by atoms with E-state index in [2.05, 4.69) is 73.1 Å². The van der Waals surface area contributed by atoms with Crippen molar-refractivity contribution in [2.45, 2.75) is 26.4 Å². The highest BCUT2D eigenvalue weighted by Crippen LogP contribution is 2.26. The van der Waals surface area contributed by atoms with Gasteiger partial charge in [-0.15, -0.1) is 6.58 Å². The third kappa shape index (κ3) is 4.94. The number of nitrogens with zero attached hydrogens (tertiary/aromatic N) is 3. The van der Waals surface area contributed by atoms with Gasteiger partial charge in [-0.25, -0.2) is 4.98 Å². The summed E-state index contributed by atoms with van der Waals surface area (Å²) in [4.78, 5) is 11.8. The summed E-state index contributed by atoms with van der Waals surface area (Å²) in [5, 5.41) is 3.24. The molecule has 0 aliphatic rings. The Kier molecular flexibility index (Phi) is 6.21. The van der Waals surface area contributed by atoms with Crippen LogP contribution >= 0.6 is 0 Å². The second-order valence-electron chi connectivity index (χ2n) is 6.68. The third-order valence-corrected chi connectivity index (χ3v) is 4.30. The van der Waals surface area contributed by atoms with Gasteiger partial charge in [0.1, 0.15) is 5.82 Å². The Morgan fingerprint density at radius 2 is 1.67 bits per heavy atom. The van der Waals surface area contributed by atoms with E-state index in [1.54, 1.807) is 0 Å². The van der Waals surface area contributed by atoms with Crippen LogP contribution < -0.4 is 10.2 Å². The third-order valence-electron chi connectivity index (χ3n) is 4.30. The molecule has 0 saturated heterocycles. The maximum atomic E-state index is 4.77.